The molecule has 0 aliphatic carbocycles. The Morgan fingerprint density at radius 1 is 1.39 bits per heavy atom. The van der Waals surface area contributed by atoms with E-state index >= 15 is 0 Å². The number of nitrogens with one attached hydrogen (secondary N) is 2. The Kier molecular flexibility index (Phi) is 5.65. The summed E-state index contributed by atoms with van der Waals surface area (Å²) in [6.07, 6.45) is 1.64. The van der Waals surface area contributed by atoms with Gasteiger partial charge in [0.25, 0.3) is 5.91 Å². The fourth-order valence-electron chi connectivity index (χ4n) is 3.40. The molecule has 2 saturated heterocycles. The van der Waals surface area contributed by atoms with Crippen molar-refractivity contribution in [3.8, 4) is 0 Å². The van der Waals surface area contributed by atoms with Crippen LogP contribution in [-0.4, -0.2) is 55.2 Å². The summed E-state index contributed by atoms with van der Waals surface area (Å²) in [5, 5.41) is 6.58. The van der Waals surface area contributed by atoms with E-state index in [9.17, 15) is 4.79 Å². The van der Waals surface area contributed by atoms with Gasteiger partial charge in [-0.25, -0.2) is 0 Å². The van der Waals surface area contributed by atoms with E-state index in [1.54, 1.807) is 0 Å². The number of carbonyl (C=O) groups excluding carboxylic acids is 1. The first-order chi connectivity index (χ1) is 11.2. The molecule has 5 heteroatoms. The number of benzene rings is 1. The van der Waals surface area contributed by atoms with Gasteiger partial charge in [0, 0.05) is 31.7 Å². The maximum atomic E-state index is 12.5. The van der Waals surface area contributed by atoms with E-state index in [0.717, 1.165) is 32.5 Å². The minimum atomic E-state index is -0.349. The predicted octanol–water partition coefficient (Wildman–Crippen LogP) is 1.14. The number of rotatable bonds is 4. The fraction of sp³-hybridized carbons (Fsp3) is 0.611. The van der Waals surface area contributed by atoms with Crippen molar-refractivity contribution in [3.05, 3.63) is 35.9 Å². The molecule has 1 amide bonds. The molecule has 5 nitrogen and oxygen atoms in total. The number of morpholine rings is 1. The first-order valence-electron chi connectivity index (χ1n) is 8.62. The summed E-state index contributed by atoms with van der Waals surface area (Å²) in [5.74, 6) is 0.0434. The van der Waals surface area contributed by atoms with Crippen molar-refractivity contribution in [1.29, 1.82) is 0 Å². The van der Waals surface area contributed by atoms with Crippen molar-refractivity contribution in [3.63, 3.8) is 0 Å². The number of hydrogen-bond donors (Lipinski definition) is 2. The molecule has 0 bridgehead atoms. The van der Waals surface area contributed by atoms with E-state index in [2.05, 4.69) is 46.7 Å². The summed E-state index contributed by atoms with van der Waals surface area (Å²) in [4.78, 5) is 14.8. The molecule has 1 aromatic rings. The van der Waals surface area contributed by atoms with Crippen LogP contribution < -0.4 is 10.6 Å². The summed E-state index contributed by atoms with van der Waals surface area (Å²) >= 11 is 0. The lowest BCUT2D eigenvalue weighted by Gasteiger charge is -2.34. The first kappa shape index (κ1) is 16.4. The Bertz CT molecular complexity index is 508. The molecule has 2 aliphatic heterocycles. The number of nitrogens with zero attached hydrogens (tertiary/aromatic N) is 1. The Morgan fingerprint density at radius 3 is 3.00 bits per heavy atom. The molecule has 0 saturated carbocycles. The fourth-order valence-corrected chi connectivity index (χ4v) is 3.40. The number of ether oxygens (including phenoxy) is 1. The molecular weight excluding hydrogens is 290 g/mol. The Balaban J connectivity index is 1.50. The average Bonchev–Trinajstić information content (AvgIpc) is 2.56. The smallest absolute Gasteiger partial charge is 0.250 e. The predicted molar refractivity (Wildman–Crippen MR) is 90.1 cm³/mol. The highest BCUT2D eigenvalue weighted by molar-refractivity contribution is 5.81. The number of hydrogen-bond acceptors (Lipinski definition) is 4. The molecule has 0 aromatic heterocycles. The molecule has 3 unspecified atom stereocenters. The van der Waals surface area contributed by atoms with Gasteiger partial charge in [-0.05, 0) is 31.9 Å². The van der Waals surface area contributed by atoms with Gasteiger partial charge < -0.3 is 15.4 Å². The zero-order valence-corrected chi connectivity index (χ0v) is 13.8. The summed E-state index contributed by atoms with van der Waals surface area (Å²) in [6, 6.07) is 11.1. The van der Waals surface area contributed by atoms with E-state index in [1.165, 1.54) is 5.56 Å². The van der Waals surface area contributed by atoms with Crippen molar-refractivity contribution in [2.45, 2.75) is 44.5 Å². The van der Waals surface area contributed by atoms with Crippen LogP contribution in [-0.2, 0) is 16.1 Å². The van der Waals surface area contributed by atoms with E-state index in [0.29, 0.717) is 19.2 Å². The molecule has 2 N–H and O–H groups in total. The van der Waals surface area contributed by atoms with Crippen LogP contribution >= 0.6 is 0 Å². The van der Waals surface area contributed by atoms with Gasteiger partial charge in [-0.3, -0.25) is 9.69 Å². The van der Waals surface area contributed by atoms with Crippen LogP contribution in [0.4, 0.5) is 0 Å². The lowest BCUT2D eigenvalue weighted by molar-refractivity contribution is -0.139. The van der Waals surface area contributed by atoms with Gasteiger partial charge >= 0.3 is 0 Å². The number of carbonyl (C=O) groups is 1. The Morgan fingerprint density at radius 2 is 2.22 bits per heavy atom. The van der Waals surface area contributed by atoms with Gasteiger partial charge in [0.05, 0.1) is 6.61 Å². The van der Waals surface area contributed by atoms with Crippen LogP contribution in [0.15, 0.2) is 30.3 Å². The lowest BCUT2D eigenvalue weighted by atomic mass is 10.0. The van der Waals surface area contributed by atoms with Crippen LogP contribution in [0.5, 0.6) is 0 Å². The lowest BCUT2D eigenvalue weighted by Crippen LogP contribution is -2.53. The summed E-state index contributed by atoms with van der Waals surface area (Å²) in [7, 11) is 0. The molecule has 3 atom stereocenters. The van der Waals surface area contributed by atoms with Crippen molar-refractivity contribution in [2.75, 3.05) is 26.2 Å². The third-order valence-electron chi connectivity index (χ3n) is 4.66. The second-order valence-corrected chi connectivity index (χ2v) is 6.67. The Labute approximate surface area is 138 Å². The second-order valence-electron chi connectivity index (χ2n) is 6.67. The quantitative estimate of drug-likeness (QED) is 0.874. The molecule has 2 aliphatic rings. The van der Waals surface area contributed by atoms with Crippen LogP contribution in [0.2, 0.25) is 0 Å². The van der Waals surface area contributed by atoms with Gasteiger partial charge in [-0.2, -0.15) is 0 Å². The monoisotopic (exact) mass is 317 g/mol. The van der Waals surface area contributed by atoms with Gasteiger partial charge in [-0.1, -0.05) is 30.3 Å². The molecule has 2 heterocycles. The van der Waals surface area contributed by atoms with Crippen molar-refractivity contribution in [2.24, 2.45) is 0 Å². The molecule has 3 rings (SSSR count). The second kappa shape index (κ2) is 7.90. The maximum Gasteiger partial charge on any atom is 0.250 e. The average molecular weight is 317 g/mol. The molecule has 23 heavy (non-hydrogen) atoms. The van der Waals surface area contributed by atoms with Crippen LogP contribution in [0.25, 0.3) is 0 Å². The largest absolute Gasteiger partial charge is 0.366 e. The SMILES string of the molecule is CC1CC(NC(=O)C2CN(Cc3ccccc3)CCO2)CCN1. The summed E-state index contributed by atoms with van der Waals surface area (Å²) < 4.78 is 5.71. The maximum absolute atomic E-state index is 12.5. The van der Waals surface area contributed by atoms with Crippen LogP contribution in [0.3, 0.4) is 0 Å². The van der Waals surface area contributed by atoms with E-state index in [4.69, 9.17) is 4.74 Å². The normalized spacial score (nSPS) is 29.2. The molecule has 126 valence electrons. The van der Waals surface area contributed by atoms with E-state index < -0.39 is 0 Å². The number of amides is 1. The molecule has 2 fully saturated rings. The third kappa shape index (κ3) is 4.77. The number of piperidine rings is 1. The minimum absolute atomic E-state index is 0.0434. The topological polar surface area (TPSA) is 53.6 Å². The summed E-state index contributed by atoms with van der Waals surface area (Å²) in [6.45, 7) is 6.17. The molecule has 0 spiro atoms. The highest BCUT2D eigenvalue weighted by Crippen LogP contribution is 2.13. The van der Waals surface area contributed by atoms with Crippen LogP contribution in [0.1, 0.15) is 25.3 Å². The zero-order valence-electron chi connectivity index (χ0n) is 13.8. The van der Waals surface area contributed by atoms with Gasteiger partial charge in [0.1, 0.15) is 6.10 Å². The third-order valence-corrected chi connectivity index (χ3v) is 4.66. The first-order valence-corrected chi connectivity index (χ1v) is 8.62. The molecule has 1 aromatic carbocycles. The van der Waals surface area contributed by atoms with Crippen molar-refractivity contribution >= 4 is 5.91 Å². The standard InChI is InChI=1S/C18H27N3O2/c1-14-11-16(7-8-19-14)20-18(22)17-13-21(9-10-23-17)12-15-5-3-2-4-6-15/h2-6,14,16-17,19H,7-13H2,1H3,(H,20,22). The van der Waals surface area contributed by atoms with Gasteiger partial charge in [0.2, 0.25) is 0 Å². The van der Waals surface area contributed by atoms with E-state index in [-0.39, 0.29) is 18.1 Å². The minimum Gasteiger partial charge on any atom is -0.366 e. The highest BCUT2D eigenvalue weighted by atomic mass is 16.5. The Hall–Kier alpha value is -1.43. The van der Waals surface area contributed by atoms with Crippen molar-refractivity contribution < 1.29 is 9.53 Å². The van der Waals surface area contributed by atoms with Gasteiger partial charge in [-0.15, -0.1) is 0 Å². The highest BCUT2D eigenvalue weighted by Gasteiger charge is 2.29. The van der Waals surface area contributed by atoms with Crippen LogP contribution in [0, 0.1) is 0 Å². The zero-order chi connectivity index (χ0) is 16.1. The van der Waals surface area contributed by atoms with Gasteiger partial charge in [0.15, 0.2) is 0 Å². The van der Waals surface area contributed by atoms with Crippen molar-refractivity contribution in [1.82, 2.24) is 15.5 Å². The molecule has 0 radical (unpaired) electrons. The molecular formula is C18H27N3O2. The summed E-state index contributed by atoms with van der Waals surface area (Å²) in [5.41, 5.74) is 1.28. The van der Waals surface area contributed by atoms with E-state index in [1.807, 2.05) is 6.07 Å².